The lowest BCUT2D eigenvalue weighted by Gasteiger charge is -2.23. The van der Waals surface area contributed by atoms with Gasteiger partial charge in [-0.05, 0) is 18.6 Å². The molecule has 0 aromatic heterocycles. The van der Waals surface area contributed by atoms with Gasteiger partial charge in [0.2, 0.25) is 15.9 Å². The minimum Gasteiger partial charge on any atom is -0.399 e. The van der Waals surface area contributed by atoms with Crippen LogP contribution in [0.2, 0.25) is 5.02 Å². The van der Waals surface area contributed by atoms with Crippen LogP contribution in [0.3, 0.4) is 0 Å². The summed E-state index contributed by atoms with van der Waals surface area (Å²) in [6, 6.07) is 1.65. The number of hydrogen-bond acceptors (Lipinski definition) is 4. The second-order valence-electron chi connectivity index (χ2n) is 4.48. The van der Waals surface area contributed by atoms with Crippen molar-refractivity contribution >= 4 is 33.2 Å². The number of carbonyl (C=O) groups excluding carboxylic acids is 1. The van der Waals surface area contributed by atoms with E-state index in [0.29, 0.717) is 6.42 Å². The number of nitrogens with two attached hydrogens (primary N) is 1. The second-order valence-corrected chi connectivity index (χ2v) is 6.57. The first-order valence-electron chi connectivity index (χ1n) is 5.83. The number of nitrogens with one attached hydrogen (secondary N) is 2. The number of sulfonamides is 1. The standard InChI is InChI=1S/C11H13ClFN3O3S/c12-8-3-6(14)4-9(11(8)13)20(18,19)16-7-1-2-10(17)15-5-7/h3-4,7,16H,1-2,5,14H2,(H,15,17). The molecule has 6 nitrogen and oxygen atoms in total. The molecule has 0 radical (unpaired) electrons. The molecule has 1 aliphatic rings. The van der Waals surface area contributed by atoms with Gasteiger partial charge in [0.05, 0.1) is 5.02 Å². The minimum atomic E-state index is -4.09. The SMILES string of the molecule is Nc1cc(Cl)c(F)c(S(=O)(=O)NC2CCC(=O)NC2)c1. The molecule has 1 saturated heterocycles. The van der Waals surface area contributed by atoms with E-state index in [1.165, 1.54) is 0 Å². The van der Waals surface area contributed by atoms with Gasteiger partial charge >= 0.3 is 0 Å². The van der Waals surface area contributed by atoms with Gasteiger partial charge in [-0.3, -0.25) is 4.79 Å². The average molecular weight is 322 g/mol. The highest BCUT2D eigenvalue weighted by atomic mass is 35.5. The Morgan fingerprint density at radius 3 is 2.75 bits per heavy atom. The number of anilines is 1. The van der Waals surface area contributed by atoms with E-state index < -0.39 is 26.8 Å². The highest BCUT2D eigenvalue weighted by Crippen LogP contribution is 2.26. The monoisotopic (exact) mass is 321 g/mol. The molecule has 20 heavy (non-hydrogen) atoms. The van der Waals surface area contributed by atoms with Crippen molar-refractivity contribution in [1.82, 2.24) is 10.0 Å². The zero-order valence-corrected chi connectivity index (χ0v) is 11.9. The number of amides is 1. The van der Waals surface area contributed by atoms with Crippen LogP contribution in [0.1, 0.15) is 12.8 Å². The van der Waals surface area contributed by atoms with Gasteiger partial charge in [0.25, 0.3) is 0 Å². The van der Waals surface area contributed by atoms with Crippen molar-refractivity contribution in [2.45, 2.75) is 23.8 Å². The highest BCUT2D eigenvalue weighted by molar-refractivity contribution is 7.89. The quantitative estimate of drug-likeness (QED) is 0.710. The zero-order chi connectivity index (χ0) is 14.9. The third-order valence-corrected chi connectivity index (χ3v) is 4.69. The second kappa shape index (κ2) is 5.55. The Labute approximate surface area is 120 Å². The first-order valence-corrected chi connectivity index (χ1v) is 7.69. The van der Waals surface area contributed by atoms with Crippen LogP contribution in [0, 0.1) is 5.82 Å². The van der Waals surface area contributed by atoms with E-state index in [2.05, 4.69) is 10.0 Å². The summed E-state index contributed by atoms with van der Waals surface area (Å²) in [5.74, 6) is -1.19. The zero-order valence-electron chi connectivity index (χ0n) is 10.3. The van der Waals surface area contributed by atoms with Crippen LogP contribution in [0.25, 0.3) is 0 Å². The summed E-state index contributed by atoms with van der Waals surface area (Å²) in [6.45, 7) is 0.162. The molecule has 1 aliphatic heterocycles. The minimum absolute atomic E-state index is 0.0497. The maximum absolute atomic E-state index is 13.8. The number of nitrogen functional groups attached to an aromatic ring is 1. The molecule has 0 saturated carbocycles. The molecule has 1 unspecified atom stereocenters. The molecule has 1 amide bonds. The Morgan fingerprint density at radius 1 is 1.45 bits per heavy atom. The Kier molecular flexibility index (Phi) is 4.17. The molecular formula is C11H13ClFN3O3S. The number of benzene rings is 1. The largest absolute Gasteiger partial charge is 0.399 e. The maximum atomic E-state index is 13.8. The average Bonchev–Trinajstić information content (AvgIpc) is 2.36. The Balaban J connectivity index is 2.25. The highest BCUT2D eigenvalue weighted by Gasteiger charge is 2.27. The fourth-order valence-corrected chi connectivity index (χ4v) is 3.58. The van der Waals surface area contributed by atoms with Gasteiger partial charge in [0, 0.05) is 24.7 Å². The topological polar surface area (TPSA) is 101 Å². The van der Waals surface area contributed by atoms with Gasteiger partial charge in [0.1, 0.15) is 4.90 Å². The van der Waals surface area contributed by atoms with Crippen LogP contribution in [-0.4, -0.2) is 26.9 Å². The van der Waals surface area contributed by atoms with Crippen molar-refractivity contribution in [1.29, 1.82) is 0 Å². The van der Waals surface area contributed by atoms with E-state index in [4.69, 9.17) is 17.3 Å². The summed E-state index contributed by atoms with van der Waals surface area (Å²) < 4.78 is 40.4. The van der Waals surface area contributed by atoms with Crippen LogP contribution in [-0.2, 0) is 14.8 Å². The van der Waals surface area contributed by atoms with Gasteiger partial charge in [-0.15, -0.1) is 0 Å². The summed E-state index contributed by atoms with van der Waals surface area (Å²) in [6.07, 6.45) is 0.566. The molecule has 0 bridgehead atoms. The lowest BCUT2D eigenvalue weighted by atomic mass is 10.1. The number of carbonyl (C=O) groups is 1. The lowest BCUT2D eigenvalue weighted by molar-refractivity contribution is -0.122. The van der Waals surface area contributed by atoms with E-state index in [-0.39, 0.29) is 29.6 Å². The van der Waals surface area contributed by atoms with Crippen molar-refractivity contribution in [2.75, 3.05) is 12.3 Å². The summed E-state index contributed by atoms with van der Waals surface area (Å²) in [5, 5.41) is 2.17. The van der Waals surface area contributed by atoms with Crippen molar-refractivity contribution in [3.8, 4) is 0 Å². The third kappa shape index (κ3) is 3.20. The fourth-order valence-electron chi connectivity index (χ4n) is 1.90. The molecule has 110 valence electrons. The van der Waals surface area contributed by atoms with Gasteiger partial charge in [-0.25, -0.2) is 17.5 Å². The van der Waals surface area contributed by atoms with Crippen LogP contribution < -0.4 is 15.8 Å². The van der Waals surface area contributed by atoms with E-state index in [9.17, 15) is 17.6 Å². The van der Waals surface area contributed by atoms with E-state index in [0.717, 1.165) is 12.1 Å². The van der Waals surface area contributed by atoms with Crippen molar-refractivity contribution in [3.05, 3.63) is 23.0 Å². The number of halogens is 2. The van der Waals surface area contributed by atoms with Crippen molar-refractivity contribution in [2.24, 2.45) is 0 Å². The Hall–Kier alpha value is -1.38. The molecular weight excluding hydrogens is 309 g/mol. The van der Waals surface area contributed by atoms with Gasteiger partial charge in [0.15, 0.2) is 5.82 Å². The molecule has 1 aromatic carbocycles. The molecule has 0 spiro atoms. The molecule has 1 atom stereocenters. The predicted octanol–water partition coefficient (Wildman–Crippen LogP) is 0.618. The maximum Gasteiger partial charge on any atom is 0.243 e. The molecule has 1 aromatic rings. The first-order chi connectivity index (χ1) is 9.29. The number of rotatable bonds is 3. The molecule has 0 aliphatic carbocycles. The van der Waals surface area contributed by atoms with E-state index in [1.807, 2.05) is 0 Å². The van der Waals surface area contributed by atoms with Crippen molar-refractivity contribution in [3.63, 3.8) is 0 Å². The lowest BCUT2D eigenvalue weighted by Crippen LogP contribution is -2.47. The molecule has 1 heterocycles. The van der Waals surface area contributed by atoms with Gasteiger partial charge in [-0.1, -0.05) is 11.6 Å². The molecule has 9 heteroatoms. The van der Waals surface area contributed by atoms with Crippen molar-refractivity contribution < 1.29 is 17.6 Å². The Bertz CT molecular complexity index is 641. The van der Waals surface area contributed by atoms with Crippen LogP contribution in [0.15, 0.2) is 17.0 Å². The van der Waals surface area contributed by atoms with E-state index >= 15 is 0 Å². The normalized spacial score (nSPS) is 19.7. The van der Waals surface area contributed by atoms with Gasteiger partial charge < -0.3 is 11.1 Å². The molecule has 2 rings (SSSR count). The Morgan fingerprint density at radius 2 is 2.15 bits per heavy atom. The predicted molar refractivity (Wildman–Crippen MR) is 72.2 cm³/mol. The van der Waals surface area contributed by atoms with E-state index in [1.54, 1.807) is 0 Å². The van der Waals surface area contributed by atoms with Crippen LogP contribution in [0.4, 0.5) is 10.1 Å². The van der Waals surface area contributed by atoms with Gasteiger partial charge in [-0.2, -0.15) is 0 Å². The summed E-state index contributed by atoms with van der Waals surface area (Å²) in [7, 11) is -4.09. The smallest absolute Gasteiger partial charge is 0.243 e. The summed E-state index contributed by atoms with van der Waals surface area (Å²) in [4.78, 5) is 10.4. The summed E-state index contributed by atoms with van der Waals surface area (Å²) in [5.41, 5.74) is 5.53. The third-order valence-electron chi connectivity index (χ3n) is 2.89. The number of hydrogen-bond donors (Lipinski definition) is 3. The van der Waals surface area contributed by atoms with Crippen LogP contribution in [0.5, 0.6) is 0 Å². The van der Waals surface area contributed by atoms with Crippen LogP contribution >= 0.6 is 11.6 Å². The first kappa shape index (κ1) is 15.0. The number of piperidine rings is 1. The molecule has 4 N–H and O–H groups in total. The summed E-state index contributed by atoms with van der Waals surface area (Å²) >= 11 is 5.58. The fraction of sp³-hybridized carbons (Fsp3) is 0.364. The molecule has 1 fully saturated rings.